The van der Waals surface area contributed by atoms with Gasteiger partial charge in [0.1, 0.15) is 17.1 Å². The molecule has 0 aromatic heterocycles. The fourth-order valence-corrected chi connectivity index (χ4v) is 5.50. The molecule has 1 saturated carbocycles. The Morgan fingerprint density at radius 3 is 2.44 bits per heavy atom. The predicted octanol–water partition coefficient (Wildman–Crippen LogP) is 0.200. The summed E-state index contributed by atoms with van der Waals surface area (Å²) < 4.78 is 0. The second-order valence-corrected chi connectivity index (χ2v) is 9.02. The Labute approximate surface area is 187 Å². The molecule has 3 aliphatic rings. The lowest BCUT2D eigenvalue weighted by Crippen LogP contribution is -2.65. The fraction of sp³-hybridized carbons (Fsp3) is 0.381. The van der Waals surface area contributed by atoms with E-state index in [1.54, 1.807) is 0 Å². The van der Waals surface area contributed by atoms with Crippen molar-refractivity contribution in [3.05, 3.63) is 39.1 Å². The molecule has 1 amide bonds. The van der Waals surface area contributed by atoms with Gasteiger partial charge < -0.3 is 31.9 Å². The highest BCUT2D eigenvalue weighted by atomic mass is 35.5. The van der Waals surface area contributed by atoms with Crippen LogP contribution < -0.4 is 11.5 Å². The predicted molar refractivity (Wildman–Crippen MR) is 114 cm³/mol. The van der Waals surface area contributed by atoms with Crippen molar-refractivity contribution >= 4 is 40.5 Å². The second-order valence-electron chi connectivity index (χ2n) is 8.62. The lowest BCUT2D eigenvalue weighted by molar-refractivity contribution is -0.153. The zero-order valence-corrected chi connectivity index (χ0v) is 18.0. The Kier molecular flexibility index (Phi) is 4.81. The lowest BCUT2D eigenvalue weighted by Gasteiger charge is -2.50. The number of nitrogens with zero attached hydrogens (tertiary/aromatic N) is 1. The van der Waals surface area contributed by atoms with Crippen LogP contribution in [0.15, 0.2) is 23.0 Å². The Balaban J connectivity index is 1.99. The van der Waals surface area contributed by atoms with E-state index < -0.39 is 63.8 Å². The van der Waals surface area contributed by atoms with Gasteiger partial charge >= 0.3 is 0 Å². The molecule has 0 aliphatic heterocycles. The first-order valence-electron chi connectivity index (χ1n) is 9.78. The topological polar surface area (TPSA) is 187 Å². The molecule has 1 fully saturated rings. The third kappa shape index (κ3) is 2.63. The number of carbonyl (C=O) groups excluding carboxylic acids is 3. The third-order valence-corrected chi connectivity index (χ3v) is 7.01. The van der Waals surface area contributed by atoms with Crippen LogP contribution in [-0.4, -0.2) is 68.5 Å². The van der Waals surface area contributed by atoms with E-state index >= 15 is 0 Å². The first-order valence-corrected chi connectivity index (χ1v) is 10.2. The highest BCUT2D eigenvalue weighted by Crippen LogP contribution is 2.53. The van der Waals surface area contributed by atoms with E-state index in [-0.39, 0.29) is 34.7 Å². The van der Waals surface area contributed by atoms with Gasteiger partial charge in [-0.05, 0) is 44.5 Å². The molecule has 0 radical (unpaired) electrons. The minimum absolute atomic E-state index is 0.00845. The van der Waals surface area contributed by atoms with Crippen LogP contribution in [0.2, 0.25) is 5.02 Å². The summed E-state index contributed by atoms with van der Waals surface area (Å²) in [5, 5.41) is 43.6. The van der Waals surface area contributed by atoms with E-state index in [9.17, 15) is 34.8 Å². The zero-order valence-electron chi connectivity index (χ0n) is 17.2. The number of amides is 1. The maximum absolute atomic E-state index is 13.6. The van der Waals surface area contributed by atoms with Gasteiger partial charge in [-0.3, -0.25) is 19.3 Å². The molecule has 10 nitrogen and oxygen atoms in total. The number of likely N-dealkylation sites (N-methyl/N-ethyl adjacent to an activating group) is 1. The summed E-state index contributed by atoms with van der Waals surface area (Å²) >= 11 is 6.06. The van der Waals surface area contributed by atoms with E-state index in [1.807, 2.05) is 0 Å². The standard InChI is InChI=1S/C21H22ClN3O7/c1-25(2)14-8-4-6-3-7-5-9(22)13(23)16(27)10(7)15(26)11(6)18(29)21(8,32)19(30)12(17(14)28)20(24)31/h5-6,8,14,26-27,30,32H,3-4,23H2,1-2H3,(H2,24,31). The molecule has 3 aliphatic carbocycles. The number of nitrogen functional groups attached to an aromatic ring is 1. The number of halogens is 1. The van der Waals surface area contributed by atoms with Gasteiger partial charge in [0.2, 0.25) is 5.78 Å². The summed E-state index contributed by atoms with van der Waals surface area (Å²) in [7, 11) is 3.07. The van der Waals surface area contributed by atoms with Crippen molar-refractivity contribution < 1.29 is 34.8 Å². The first-order chi connectivity index (χ1) is 14.8. The second kappa shape index (κ2) is 6.96. The molecule has 4 rings (SSSR count). The molecule has 1 aromatic carbocycles. The minimum atomic E-state index is -2.67. The Morgan fingerprint density at radius 1 is 1.25 bits per heavy atom. The van der Waals surface area contributed by atoms with Crippen molar-refractivity contribution in [1.82, 2.24) is 4.90 Å². The highest BCUT2D eigenvalue weighted by Gasteiger charge is 2.64. The summed E-state index contributed by atoms with van der Waals surface area (Å²) in [4.78, 5) is 39.9. The Bertz CT molecular complexity index is 1170. The number of Topliss-reactive ketones (excluding diaryl/α,β-unsaturated/α-hetero) is 2. The molecule has 11 heteroatoms. The number of carbonyl (C=O) groups is 3. The molecule has 170 valence electrons. The summed E-state index contributed by atoms with van der Waals surface area (Å²) in [6, 6.07) is 0.346. The van der Waals surface area contributed by atoms with Crippen LogP contribution in [0.4, 0.5) is 5.69 Å². The van der Waals surface area contributed by atoms with Gasteiger partial charge in [0.05, 0.1) is 22.3 Å². The monoisotopic (exact) mass is 463 g/mol. The average Bonchev–Trinajstić information content (AvgIpc) is 2.68. The van der Waals surface area contributed by atoms with Crippen molar-refractivity contribution in [3.63, 3.8) is 0 Å². The van der Waals surface area contributed by atoms with Gasteiger partial charge in [-0.1, -0.05) is 11.6 Å². The van der Waals surface area contributed by atoms with Crippen LogP contribution in [0, 0.1) is 11.8 Å². The van der Waals surface area contributed by atoms with E-state index in [2.05, 4.69) is 0 Å². The van der Waals surface area contributed by atoms with Gasteiger partial charge in [-0.2, -0.15) is 0 Å². The molecule has 0 bridgehead atoms. The number of nitrogens with two attached hydrogens (primary N) is 2. The van der Waals surface area contributed by atoms with Gasteiger partial charge in [-0.15, -0.1) is 0 Å². The number of primary amides is 1. The molecule has 0 saturated heterocycles. The SMILES string of the molecule is CN(C)C1C(=O)C(C(N)=O)=C(O)C2(O)C(=O)C3=C(O)c4c(cc(Cl)c(N)c4O)CC3CC12. The van der Waals surface area contributed by atoms with E-state index in [0.29, 0.717) is 5.56 Å². The quantitative estimate of drug-likeness (QED) is 0.202. The number of fused-ring (bicyclic) bond motifs is 3. The van der Waals surface area contributed by atoms with Crippen LogP contribution >= 0.6 is 11.6 Å². The third-order valence-electron chi connectivity index (χ3n) is 6.70. The van der Waals surface area contributed by atoms with Gasteiger partial charge in [0, 0.05) is 11.5 Å². The molecule has 0 spiro atoms. The fourth-order valence-electron chi connectivity index (χ4n) is 5.28. The number of anilines is 1. The lowest BCUT2D eigenvalue weighted by atomic mass is 9.57. The number of phenolic OH excluding ortho intramolecular Hbond substituents is 1. The molecule has 4 unspecified atom stereocenters. The number of aliphatic hydroxyl groups excluding tert-OH is 2. The van der Waals surface area contributed by atoms with Crippen molar-refractivity contribution in [1.29, 1.82) is 0 Å². The number of rotatable bonds is 2. The highest BCUT2D eigenvalue weighted by molar-refractivity contribution is 6.33. The van der Waals surface area contributed by atoms with E-state index in [4.69, 9.17) is 23.1 Å². The molecule has 1 aromatic rings. The summed E-state index contributed by atoms with van der Waals surface area (Å²) in [6.45, 7) is 0. The molecular formula is C21H22ClN3O7. The van der Waals surface area contributed by atoms with Crippen LogP contribution in [0.25, 0.3) is 5.76 Å². The molecule has 32 heavy (non-hydrogen) atoms. The number of aromatic hydroxyl groups is 1. The van der Waals surface area contributed by atoms with E-state index in [0.717, 1.165) is 0 Å². The first kappa shape index (κ1) is 22.1. The average molecular weight is 464 g/mol. The van der Waals surface area contributed by atoms with E-state index in [1.165, 1.54) is 25.1 Å². The normalized spacial score (nSPS) is 29.7. The van der Waals surface area contributed by atoms with Crippen LogP contribution in [-0.2, 0) is 20.8 Å². The van der Waals surface area contributed by atoms with Gasteiger partial charge in [-0.25, -0.2) is 0 Å². The molecule has 8 N–H and O–H groups in total. The maximum atomic E-state index is 13.6. The summed E-state index contributed by atoms with van der Waals surface area (Å²) in [5.41, 5.74) is 7.41. The summed E-state index contributed by atoms with van der Waals surface area (Å²) in [5.74, 6) is -7.20. The Hall–Kier alpha value is -3.08. The molecular weight excluding hydrogens is 442 g/mol. The Morgan fingerprint density at radius 2 is 1.88 bits per heavy atom. The van der Waals surface area contributed by atoms with Crippen molar-refractivity contribution in [3.8, 4) is 5.75 Å². The van der Waals surface area contributed by atoms with Crippen molar-refractivity contribution in [2.24, 2.45) is 17.6 Å². The molecule has 0 heterocycles. The number of phenols is 1. The van der Waals surface area contributed by atoms with Crippen LogP contribution in [0.3, 0.4) is 0 Å². The molecule has 4 atom stereocenters. The smallest absolute Gasteiger partial charge is 0.255 e. The largest absolute Gasteiger partial charge is 0.508 e. The van der Waals surface area contributed by atoms with Crippen LogP contribution in [0.5, 0.6) is 5.75 Å². The number of benzene rings is 1. The van der Waals surface area contributed by atoms with Gasteiger partial charge in [0.15, 0.2) is 17.1 Å². The van der Waals surface area contributed by atoms with Crippen molar-refractivity contribution in [2.75, 3.05) is 19.8 Å². The maximum Gasteiger partial charge on any atom is 0.255 e. The zero-order chi connectivity index (χ0) is 23.9. The minimum Gasteiger partial charge on any atom is -0.508 e. The number of hydrogen-bond donors (Lipinski definition) is 6. The van der Waals surface area contributed by atoms with Gasteiger partial charge in [0.25, 0.3) is 5.91 Å². The van der Waals surface area contributed by atoms with Crippen LogP contribution in [0.1, 0.15) is 17.5 Å². The number of hydrogen-bond acceptors (Lipinski definition) is 9. The number of aliphatic hydroxyl groups is 3. The summed E-state index contributed by atoms with van der Waals surface area (Å²) in [6.07, 6.45) is 0.163. The number of ketones is 2. The van der Waals surface area contributed by atoms with Crippen molar-refractivity contribution in [2.45, 2.75) is 24.5 Å².